The number of nitrogens with zero attached hydrogens (tertiary/aromatic N) is 2. The third-order valence-corrected chi connectivity index (χ3v) is 4.41. The molecule has 128 valence electrons. The third-order valence-electron chi connectivity index (χ3n) is 4.41. The van der Waals surface area contributed by atoms with Crippen molar-refractivity contribution in [3.63, 3.8) is 0 Å². The fourth-order valence-corrected chi connectivity index (χ4v) is 3.18. The smallest absolute Gasteiger partial charge is 0.251 e. The third kappa shape index (κ3) is 2.96. The van der Waals surface area contributed by atoms with E-state index in [4.69, 9.17) is 9.47 Å². The maximum absolute atomic E-state index is 12.3. The average molecular weight is 337 g/mol. The molecule has 0 unspecified atom stereocenters. The summed E-state index contributed by atoms with van der Waals surface area (Å²) in [5.74, 6) is 1.56. The van der Waals surface area contributed by atoms with Crippen LogP contribution in [0.15, 0.2) is 48.5 Å². The fraction of sp³-hybridized carbons (Fsp3) is 0.263. The number of carbonyl (C=O) groups excluding carboxylic acids is 1. The predicted molar refractivity (Wildman–Crippen MR) is 93.8 cm³/mol. The number of hydrogen-bond acceptors (Lipinski definition) is 4. The Morgan fingerprint density at radius 2 is 2.16 bits per heavy atom. The molecule has 6 nitrogen and oxygen atoms in total. The van der Waals surface area contributed by atoms with Crippen LogP contribution in [0.4, 0.5) is 0 Å². The van der Waals surface area contributed by atoms with Crippen molar-refractivity contribution in [1.29, 1.82) is 0 Å². The van der Waals surface area contributed by atoms with Crippen molar-refractivity contribution < 1.29 is 14.3 Å². The Kier molecular flexibility index (Phi) is 4.11. The summed E-state index contributed by atoms with van der Waals surface area (Å²) in [6.07, 6.45) is 0. The molecule has 0 saturated heterocycles. The van der Waals surface area contributed by atoms with Gasteiger partial charge in [-0.05, 0) is 24.3 Å². The van der Waals surface area contributed by atoms with Crippen LogP contribution in [0.2, 0.25) is 0 Å². The molecular weight excluding hydrogens is 318 g/mol. The number of aromatic nitrogens is 2. The molecule has 1 amide bonds. The molecule has 2 heterocycles. The molecule has 3 aromatic rings. The van der Waals surface area contributed by atoms with Crippen LogP contribution in [0, 0.1) is 0 Å². The van der Waals surface area contributed by atoms with Crippen LogP contribution >= 0.6 is 0 Å². The molecule has 0 aliphatic carbocycles. The van der Waals surface area contributed by atoms with Crippen molar-refractivity contribution >= 4 is 16.9 Å². The minimum absolute atomic E-state index is 0.00908. The van der Waals surface area contributed by atoms with Crippen molar-refractivity contribution in [1.82, 2.24) is 14.9 Å². The molecule has 0 spiro atoms. The van der Waals surface area contributed by atoms with Gasteiger partial charge >= 0.3 is 0 Å². The van der Waals surface area contributed by atoms with Crippen molar-refractivity contribution in [2.45, 2.75) is 12.6 Å². The molecular formula is C19H19N3O3. The molecule has 6 heteroatoms. The number of imidazole rings is 1. The largest absolute Gasteiger partial charge is 0.497 e. The van der Waals surface area contributed by atoms with Crippen LogP contribution < -0.4 is 10.1 Å². The van der Waals surface area contributed by atoms with Gasteiger partial charge in [0.25, 0.3) is 5.91 Å². The summed E-state index contributed by atoms with van der Waals surface area (Å²) in [7, 11) is 1.64. The minimum atomic E-state index is -0.0844. The summed E-state index contributed by atoms with van der Waals surface area (Å²) in [6.45, 7) is 1.50. The predicted octanol–water partition coefficient (Wildman–Crippen LogP) is 2.55. The second-order valence-electron chi connectivity index (χ2n) is 6.00. The monoisotopic (exact) mass is 337 g/mol. The molecule has 2 aromatic carbocycles. The van der Waals surface area contributed by atoms with Gasteiger partial charge in [-0.15, -0.1) is 0 Å². The Hall–Kier alpha value is -2.86. The Morgan fingerprint density at radius 3 is 2.96 bits per heavy atom. The zero-order chi connectivity index (χ0) is 17.2. The highest BCUT2D eigenvalue weighted by Gasteiger charge is 2.24. The topological polar surface area (TPSA) is 65.4 Å². The second-order valence-corrected chi connectivity index (χ2v) is 6.00. The first-order chi connectivity index (χ1) is 12.3. The van der Waals surface area contributed by atoms with Gasteiger partial charge < -0.3 is 19.4 Å². The first kappa shape index (κ1) is 15.7. The molecule has 1 atom stereocenters. The lowest BCUT2D eigenvalue weighted by atomic mass is 10.2. The summed E-state index contributed by atoms with van der Waals surface area (Å²) < 4.78 is 13.1. The number of carbonyl (C=O) groups is 1. The second kappa shape index (κ2) is 6.57. The van der Waals surface area contributed by atoms with E-state index in [9.17, 15) is 4.79 Å². The van der Waals surface area contributed by atoms with Crippen molar-refractivity contribution in [2.75, 3.05) is 20.3 Å². The van der Waals surface area contributed by atoms with E-state index in [0.29, 0.717) is 25.3 Å². The number of rotatable bonds is 4. The highest BCUT2D eigenvalue weighted by atomic mass is 16.5. The molecule has 0 radical (unpaired) electrons. The van der Waals surface area contributed by atoms with E-state index in [0.717, 1.165) is 22.6 Å². The molecule has 1 N–H and O–H groups in total. The highest BCUT2D eigenvalue weighted by molar-refractivity contribution is 5.94. The molecule has 1 aliphatic rings. The minimum Gasteiger partial charge on any atom is -0.497 e. The van der Waals surface area contributed by atoms with E-state index in [2.05, 4.69) is 14.9 Å². The van der Waals surface area contributed by atoms with Gasteiger partial charge in [-0.3, -0.25) is 4.79 Å². The molecule has 25 heavy (non-hydrogen) atoms. The highest BCUT2D eigenvalue weighted by Crippen LogP contribution is 2.28. The van der Waals surface area contributed by atoms with Gasteiger partial charge in [0.15, 0.2) is 0 Å². The number of fused-ring (bicyclic) bond motifs is 3. The van der Waals surface area contributed by atoms with Crippen LogP contribution in [-0.2, 0) is 11.3 Å². The molecule has 1 aliphatic heterocycles. The first-order valence-electron chi connectivity index (χ1n) is 8.22. The van der Waals surface area contributed by atoms with Gasteiger partial charge in [0.05, 0.1) is 30.8 Å². The number of benzene rings is 2. The van der Waals surface area contributed by atoms with E-state index in [1.807, 2.05) is 36.4 Å². The van der Waals surface area contributed by atoms with Crippen molar-refractivity contribution in [2.24, 2.45) is 0 Å². The molecule has 1 aromatic heterocycles. The fourth-order valence-electron chi connectivity index (χ4n) is 3.18. The van der Waals surface area contributed by atoms with Crippen molar-refractivity contribution in [3.8, 4) is 5.75 Å². The average Bonchev–Trinajstić information content (AvgIpc) is 3.04. The summed E-state index contributed by atoms with van der Waals surface area (Å²) in [6, 6.07) is 15.1. The number of amides is 1. The number of ether oxygens (including phenoxy) is 2. The summed E-state index contributed by atoms with van der Waals surface area (Å²) in [5.41, 5.74) is 2.55. The van der Waals surface area contributed by atoms with E-state index in [-0.39, 0.29) is 11.9 Å². The number of hydrogen-bond donors (Lipinski definition) is 1. The Labute approximate surface area is 145 Å². The van der Waals surface area contributed by atoms with Gasteiger partial charge in [0, 0.05) is 18.2 Å². The van der Waals surface area contributed by atoms with Gasteiger partial charge in [-0.1, -0.05) is 18.2 Å². The van der Waals surface area contributed by atoms with E-state index >= 15 is 0 Å². The Morgan fingerprint density at radius 1 is 1.32 bits per heavy atom. The normalized spacial score (nSPS) is 16.4. The van der Waals surface area contributed by atoms with E-state index in [1.54, 1.807) is 19.2 Å². The lowest BCUT2D eigenvalue weighted by Crippen LogP contribution is -2.35. The molecule has 0 fully saturated rings. The standard InChI is InChI=1S/C19H19N3O3/c1-24-15-7-8-17-16(9-15)21-18-12-25-11-14(22(17)18)10-20-19(23)13-5-3-2-4-6-13/h2-9,14H,10-12H2,1H3,(H,20,23)/t14-/m0/s1. The quantitative estimate of drug-likeness (QED) is 0.795. The molecule has 0 bridgehead atoms. The van der Waals surface area contributed by atoms with Gasteiger partial charge in [0.1, 0.15) is 18.2 Å². The maximum Gasteiger partial charge on any atom is 0.251 e. The Balaban J connectivity index is 1.58. The molecule has 4 rings (SSSR count). The first-order valence-corrected chi connectivity index (χ1v) is 8.22. The van der Waals surface area contributed by atoms with Crippen molar-refractivity contribution in [3.05, 3.63) is 59.9 Å². The maximum atomic E-state index is 12.3. The SMILES string of the molecule is COc1ccc2c(c1)nc1n2[C@@H](CNC(=O)c2ccccc2)COC1. The number of nitrogens with one attached hydrogen (secondary N) is 1. The van der Waals surface area contributed by atoms with Crippen LogP contribution in [0.5, 0.6) is 5.75 Å². The zero-order valence-electron chi connectivity index (χ0n) is 13.9. The summed E-state index contributed by atoms with van der Waals surface area (Å²) >= 11 is 0. The lowest BCUT2D eigenvalue weighted by Gasteiger charge is -2.26. The van der Waals surface area contributed by atoms with Crippen LogP contribution in [-0.4, -0.2) is 35.7 Å². The Bertz CT molecular complexity index is 905. The van der Waals surface area contributed by atoms with Crippen LogP contribution in [0.3, 0.4) is 0 Å². The van der Waals surface area contributed by atoms with Gasteiger partial charge in [0.2, 0.25) is 0 Å². The zero-order valence-corrected chi connectivity index (χ0v) is 13.9. The van der Waals surface area contributed by atoms with E-state index in [1.165, 1.54) is 0 Å². The van der Waals surface area contributed by atoms with Crippen LogP contribution in [0.1, 0.15) is 22.2 Å². The van der Waals surface area contributed by atoms with Gasteiger partial charge in [-0.2, -0.15) is 0 Å². The number of methoxy groups -OCH3 is 1. The van der Waals surface area contributed by atoms with E-state index < -0.39 is 0 Å². The summed E-state index contributed by atoms with van der Waals surface area (Å²) in [5, 5.41) is 2.99. The lowest BCUT2D eigenvalue weighted by molar-refractivity contribution is 0.0553. The summed E-state index contributed by atoms with van der Waals surface area (Å²) in [4.78, 5) is 16.9. The molecule has 0 saturated carbocycles. The van der Waals surface area contributed by atoms with Crippen LogP contribution in [0.25, 0.3) is 11.0 Å². The van der Waals surface area contributed by atoms with Gasteiger partial charge in [-0.25, -0.2) is 4.98 Å².